The fraction of sp³-hybridized carbons (Fsp3) is 0.364. The number of H-pyrrole nitrogens is 1. The Hall–Kier alpha value is -4.26. The SMILES string of the molecule is NC(=O)CCC(NC(=O)CNC(=O)C(Cc1cnc[nH]1)NC(=O)C(N)Cc1ccccc1)C(=O)O. The van der Waals surface area contributed by atoms with Gasteiger partial charge in [0.25, 0.3) is 0 Å². The molecule has 2 rings (SSSR count). The van der Waals surface area contributed by atoms with Crippen molar-refractivity contribution in [3.8, 4) is 0 Å². The second kappa shape index (κ2) is 13.4. The van der Waals surface area contributed by atoms with Gasteiger partial charge in [-0.2, -0.15) is 0 Å². The Morgan fingerprint density at radius 1 is 1.00 bits per heavy atom. The molecule has 0 saturated heterocycles. The zero-order chi connectivity index (χ0) is 25.8. The Morgan fingerprint density at radius 3 is 2.31 bits per heavy atom. The van der Waals surface area contributed by atoms with Crippen LogP contribution in [0.4, 0.5) is 0 Å². The predicted molar refractivity (Wildman–Crippen MR) is 123 cm³/mol. The van der Waals surface area contributed by atoms with E-state index in [2.05, 4.69) is 25.9 Å². The summed E-state index contributed by atoms with van der Waals surface area (Å²) >= 11 is 0. The first-order chi connectivity index (χ1) is 16.7. The summed E-state index contributed by atoms with van der Waals surface area (Å²) in [6.07, 6.45) is 2.79. The lowest BCUT2D eigenvalue weighted by molar-refractivity contribution is -0.142. The van der Waals surface area contributed by atoms with Crippen LogP contribution in [0, 0.1) is 0 Å². The van der Waals surface area contributed by atoms with Crippen molar-refractivity contribution in [3.05, 3.63) is 54.1 Å². The number of carboxylic acid groups (broad SMARTS) is 1. The summed E-state index contributed by atoms with van der Waals surface area (Å²) < 4.78 is 0. The summed E-state index contributed by atoms with van der Waals surface area (Å²) in [6.45, 7) is -0.551. The summed E-state index contributed by atoms with van der Waals surface area (Å²) in [5.74, 6) is -4.08. The van der Waals surface area contributed by atoms with E-state index in [9.17, 15) is 29.1 Å². The standard InChI is InChI=1S/C22H29N7O6/c23-15(8-13-4-2-1-3-5-13)20(32)29-17(9-14-10-25-12-27-14)21(33)26-11-19(31)28-16(22(34)35)6-7-18(24)30/h1-5,10,12,15-17H,6-9,11,23H2,(H2,24,30)(H,25,27)(H,26,33)(H,28,31)(H,29,32)(H,34,35). The summed E-state index contributed by atoms with van der Waals surface area (Å²) in [7, 11) is 0. The summed E-state index contributed by atoms with van der Waals surface area (Å²) in [4.78, 5) is 66.4. The van der Waals surface area contributed by atoms with Gasteiger partial charge >= 0.3 is 5.97 Å². The molecule has 0 saturated carbocycles. The summed E-state index contributed by atoms with van der Waals surface area (Å²) in [5.41, 5.74) is 12.4. The number of nitrogens with one attached hydrogen (secondary N) is 4. The zero-order valence-corrected chi connectivity index (χ0v) is 18.9. The van der Waals surface area contributed by atoms with Crippen LogP contribution in [0.25, 0.3) is 0 Å². The van der Waals surface area contributed by atoms with Crippen molar-refractivity contribution >= 4 is 29.6 Å². The molecule has 9 N–H and O–H groups in total. The number of nitrogens with zero attached hydrogens (tertiary/aromatic N) is 1. The molecule has 3 unspecified atom stereocenters. The molecule has 3 atom stereocenters. The van der Waals surface area contributed by atoms with Gasteiger partial charge in [0.1, 0.15) is 12.1 Å². The van der Waals surface area contributed by atoms with Gasteiger partial charge in [0.2, 0.25) is 23.6 Å². The Bertz CT molecular complexity index is 1010. The van der Waals surface area contributed by atoms with E-state index in [4.69, 9.17) is 11.5 Å². The Kier molecular flexibility index (Phi) is 10.4. The first kappa shape index (κ1) is 27.0. The number of rotatable bonds is 14. The van der Waals surface area contributed by atoms with Gasteiger partial charge in [0.15, 0.2) is 0 Å². The highest BCUT2D eigenvalue weighted by molar-refractivity contribution is 5.92. The number of carbonyl (C=O) groups is 5. The molecule has 4 amide bonds. The van der Waals surface area contributed by atoms with Crippen molar-refractivity contribution < 1.29 is 29.1 Å². The van der Waals surface area contributed by atoms with Crippen molar-refractivity contribution in [1.82, 2.24) is 25.9 Å². The number of aromatic amines is 1. The minimum absolute atomic E-state index is 0.0492. The molecule has 0 radical (unpaired) electrons. The van der Waals surface area contributed by atoms with Crippen molar-refractivity contribution in [2.24, 2.45) is 11.5 Å². The molecule has 35 heavy (non-hydrogen) atoms. The highest BCUT2D eigenvalue weighted by atomic mass is 16.4. The van der Waals surface area contributed by atoms with Gasteiger partial charge in [-0.1, -0.05) is 30.3 Å². The van der Waals surface area contributed by atoms with Crippen LogP contribution in [-0.2, 0) is 36.8 Å². The molecule has 188 valence electrons. The molecule has 2 aromatic rings. The van der Waals surface area contributed by atoms with E-state index in [0.29, 0.717) is 5.69 Å². The van der Waals surface area contributed by atoms with Crippen molar-refractivity contribution in [2.75, 3.05) is 6.54 Å². The number of aromatic nitrogens is 2. The number of aliphatic carboxylic acids is 1. The second-order valence-electron chi connectivity index (χ2n) is 7.82. The number of hydrogen-bond donors (Lipinski definition) is 7. The molecule has 0 spiro atoms. The molecule has 13 nitrogen and oxygen atoms in total. The van der Waals surface area contributed by atoms with Gasteiger partial charge in [-0.3, -0.25) is 19.2 Å². The van der Waals surface area contributed by atoms with E-state index >= 15 is 0 Å². The smallest absolute Gasteiger partial charge is 0.326 e. The number of carboxylic acids is 1. The molecule has 0 fully saturated rings. The summed E-state index contributed by atoms with van der Waals surface area (Å²) in [6, 6.07) is 5.80. The third-order valence-electron chi connectivity index (χ3n) is 4.98. The lowest BCUT2D eigenvalue weighted by Crippen LogP contribution is -2.54. The predicted octanol–water partition coefficient (Wildman–Crippen LogP) is -2.04. The van der Waals surface area contributed by atoms with Crippen LogP contribution in [0.5, 0.6) is 0 Å². The maximum Gasteiger partial charge on any atom is 0.326 e. The first-order valence-electron chi connectivity index (χ1n) is 10.8. The molecule has 0 aliphatic heterocycles. The molecular weight excluding hydrogens is 458 g/mol. The molecule has 0 aliphatic rings. The molecule has 1 heterocycles. The maximum atomic E-state index is 12.8. The number of primary amides is 1. The molecule has 13 heteroatoms. The van der Waals surface area contributed by atoms with E-state index in [0.717, 1.165) is 5.56 Å². The second-order valence-corrected chi connectivity index (χ2v) is 7.82. The third kappa shape index (κ3) is 9.63. The molecule has 1 aromatic heterocycles. The van der Waals surface area contributed by atoms with Crippen LogP contribution in [0.3, 0.4) is 0 Å². The van der Waals surface area contributed by atoms with Gasteiger partial charge < -0.3 is 37.5 Å². The normalized spacial score (nSPS) is 13.2. The fourth-order valence-corrected chi connectivity index (χ4v) is 3.14. The van der Waals surface area contributed by atoms with Crippen LogP contribution in [0.15, 0.2) is 42.9 Å². The van der Waals surface area contributed by atoms with Crippen LogP contribution < -0.4 is 27.4 Å². The van der Waals surface area contributed by atoms with E-state index in [1.165, 1.54) is 12.5 Å². The lowest BCUT2D eigenvalue weighted by atomic mass is 10.0. The van der Waals surface area contributed by atoms with Gasteiger partial charge in [-0.15, -0.1) is 0 Å². The van der Waals surface area contributed by atoms with Gasteiger partial charge in [-0.25, -0.2) is 9.78 Å². The van der Waals surface area contributed by atoms with Gasteiger partial charge in [0, 0.05) is 24.7 Å². The van der Waals surface area contributed by atoms with E-state index in [-0.39, 0.29) is 25.7 Å². The minimum atomic E-state index is -1.34. The van der Waals surface area contributed by atoms with Crippen molar-refractivity contribution in [2.45, 2.75) is 43.8 Å². The quantitative estimate of drug-likeness (QED) is 0.157. The van der Waals surface area contributed by atoms with Gasteiger partial charge in [-0.05, 0) is 18.4 Å². The van der Waals surface area contributed by atoms with Crippen LogP contribution in [-0.4, -0.2) is 69.3 Å². The van der Waals surface area contributed by atoms with E-state index < -0.39 is 54.3 Å². The van der Waals surface area contributed by atoms with Crippen molar-refractivity contribution in [3.63, 3.8) is 0 Å². The first-order valence-corrected chi connectivity index (χ1v) is 10.8. The van der Waals surface area contributed by atoms with Crippen LogP contribution in [0.2, 0.25) is 0 Å². The monoisotopic (exact) mass is 487 g/mol. The van der Waals surface area contributed by atoms with Crippen LogP contribution >= 0.6 is 0 Å². The Morgan fingerprint density at radius 2 is 1.71 bits per heavy atom. The lowest BCUT2D eigenvalue weighted by Gasteiger charge is -2.21. The third-order valence-corrected chi connectivity index (χ3v) is 4.98. The van der Waals surface area contributed by atoms with Crippen molar-refractivity contribution in [1.29, 1.82) is 0 Å². The molecular formula is C22H29N7O6. The number of nitrogens with two attached hydrogens (primary N) is 2. The number of carbonyl (C=O) groups excluding carboxylic acids is 4. The topological polar surface area (TPSA) is 222 Å². The average Bonchev–Trinajstić information content (AvgIpc) is 3.33. The Labute approximate surface area is 201 Å². The highest BCUT2D eigenvalue weighted by Crippen LogP contribution is 2.04. The minimum Gasteiger partial charge on any atom is -0.480 e. The largest absolute Gasteiger partial charge is 0.480 e. The number of benzene rings is 1. The average molecular weight is 488 g/mol. The van der Waals surface area contributed by atoms with E-state index in [1.54, 1.807) is 0 Å². The highest BCUT2D eigenvalue weighted by Gasteiger charge is 2.26. The Balaban J connectivity index is 1.96. The molecule has 0 bridgehead atoms. The van der Waals surface area contributed by atoms with E-state index in [1.807, 2.05) is 30.3 Å². The van der Waals surface area contributed by atoms with Gasteiger partial charge in [0.05, 0.1) is 18.9 Å². The zero-order valence-electron chi connectivity index (χ0n) is 18.9. The number of imidazole rings is 1. The molecule has 0 aliphatic carbocycles. The van der Waals surface area contributed by atoms with Crippen LogP contribution in [0.1, 0.15) is 24.1 Å². The fourth-order valence-electron chi connectivity index (χ4n) is 3.14. The number of hydrogen-bond acceptors (Lipinski definition) is 7. The summed E-state index contributed by atoms with van der Waals surface area (Å²) in [5, 5.41) is 16.4. The number of amides is 4. The maximum absolute atomic E-state index is 12.8. The molecule has 1 aromatic carbocycles.